The van der Waals surface area contributed by atoms with E-state index >= 15 is 0 Å². The van der Waals surface area contributed by atoms with Crippen LogP contribution in [0.3, 0.4) is 0 Å². The molecule has 4 N–H and O–H groups in total. The van der Waals surface area contributed by atoms with E-state index in [9.17, 15) is 20.1 Å². The second kappa shape index (κ2) is 11.2. The lowest BCUT2D eigenvalue weighted by Gasteiger charge is -2.48. The van der Waals surface area contributed by atoms with Gasteiger partial charge in [-0.2, -0.15) is 0 Å². The lowest BCUT2D eigenvalue weighted by Crippen LogP contribution is -2.56. The van der Waals surface area contributed by atoms with E-state index in [-0.39, 0.29) is 36.1 Å². The minimum absolute atomic E-state index is 0.0309. The second-order valence-electron chi connectivity index (χ2n) is 15.9. The Kier molecular flexibility index (Phi) is 7.48. The van der Waals surface area contributed by atoms with Gasteiger partial charge in [0.05, 0.1) is 11.5 Å². The normalized spacial score (nSPS) is 38.5. The van der Waals surface area contributed by atoms with Crippen LogP contribution in [0.5, 0.6) is 0 Å². The third-order valence-corrected chi connectivity index (χ3v) is 13.8. The first-order valence-electron chi connectivity index (χ1n) is 17.8. The number of hydrogen-bond acceptors (Lipinski definition) is 6. The van der Waals surface area contributed by atoms with E-state index in [1.165, 1.54) is 18.2 Å². The van der Waals surface area contributed by atoms with Gasteiger partial charge in [-0.15, -0.1) is 0 Å². The summed E-state index contributed by atoms with van der Waals surface area (Å²) in [5.74, 6) is -2.24. The van der Waals surface area contributed by atoms with Gasteiger partial charge >= 0.3 is 0 Å². The molecule has 0 heterocycles. The minimum Gasteiger partial charge on any atom is -0.396 e. The number of carbonyl (C=O) groups is 1. The maximum Gasteiger partial charge on any atom is 0.185 e. The number of methoxy groups -OCH3 is 1. The summed E-state index contributed by atoms with van der Waals surface area (Å²) < 4.78 is 5.99. The summed E-state index contributed by atoms with van der Waals surface area (Å²) in [7, 11) is 3.51. The van der Waals surface area contributed by atoms with Crippen molar-refractivity contribution in [3.8, 4) is 0 Å². The van der Waals surface area contributed by atoms with Crippen LogP contribution in [-0.2, 0) is 27.8 Å². The summed E-state index contributed by atoms with van der Waals surface area (Å²) in [6.07, 6.45) is 8.13. The quantitative estimate of drug-likeness (QED) is 0.210. The molecule has 2 spiro atoms. The van der Waals surface area contributed by atoms with Crippen LogP contribution in [-0.4, -0.2) is 60.3 Å². The monoisotopic (exact) mass is 647 g/mol. The molecule has 3 aromatic carbocycles. The predicted molar refractivity (Wildman–Crippen MR) is 188 cm³/mol. The zero-order valence-corrected chi connectivity index (χ0v) is 28.5. The zero-order chi connectivity index (χ0) is 33.6. The molecule has 9 atom stereocenters. The van der Waals surface area contributed by atoms with E-state index in [4.69, 9.17) is 4.74 Å². The number of hydrogen-bond donors (Lipinski definition) is 4. The van der Waals surface area contributed by atoms with Crippen molar-refractivity contribution in [3.05, 3.63) is 101 Å². The van der Waals surface area contributed by atoms with E-state index in [0.717, 1.165) is 58.8 Å². The Balaban J connectivity index is 1.36. The van der Waals surface area contributed by atoms with Crippen molar-refractivity contribution in [2.75, 3.05) is 27.3 Å². The Morgan fingerprint density at radius 1 is 1.02 bits per heavy atom. The van der Waals surface area contributed by atoms with Crippen LogP contribution in [0, 0.1) is 28.6 Å². The number of carbonyl (C=O) groups excluding carboxylic acids is 1. The molecule has 3 fully saturated rings. The predicted octanol–water partition coefficient (Wildman–Crippen LogP) is 5.85. The van der Waals surface area contributed by atoms with E-state index < -0.39 is 28.6 Å². The van der Waals surface area contributed by atoms with Gasteiger partial charge in [0, 0.05) is 42.8 Å². The van der Waals surface area contributed by atoms with Gasteiger partial charge in [0.15, 0.2) is 5.79 Å². The van der Waals surface area contributed by atoms with Crippen LogP contribution < -0.4 is 5.32 Å². The first-order valence-corrected chi connectivity index (χ1v) is 17.8. The molecule has 0 aromatic heterocycles. The van der Waals surface area contributed by atoms with Gasteiger partial charge in [-0.05, 0) is 109 Å². The van der Waals surface area contributed by atoms with E-state index in [0.29, 0.717) is 25.2 Å². The summed E-state index contributed by atoms with van der Waals surface area (Å²) in [6, 6.07) is 19.8. The van der Waals surface area contributed by atoms with Crippen LogP contribution in [0.15, 0.2) is 72.8 Å². The van der Waals surface area contributed by atoms with Crippen LogP contribution in [0.4, 0.5) is 0 Å². The van der Waals surface area contributed by atoms with Crippen molar-refractivity contribution in [1.82, 2.24) is 5.32 Å². The van der Waals surface area contributed by atoms with Crippen LogP contribution >= 0.6 is 0 Å². The lowest BCUT2D eigenvalue weighted by molar-refractivity contribution is -0.254. The largest absolute Gasteiger partial charge is 0.396 e. The third kappa shape index (κ3) is 4.13. The van der Waals surface area contributed by atoms with Gasteiger partial charge in [-0.25, -0.2) is 0 Å². The molecule has 3 saturated carbocycles. The molecule has 0 saturated heterocycles. The minimum atomic E-state index is -1.75. The standard InChI is InChI=1S/C42H49NO5/c1-25-37-32(24-44)22-41(42(37,47)48-4)36(46)13-9-26-6-5-7-33(17-26)40(15-14-28(21-40)23-43-3)38-34-19-31-16-27(20-39(25,41)2)8-10-29(31)18-30(34)11-12-35(38)45/h5-8,10-12,16-19,28,32,35,37-38,43-45,47H,1,9,13-15,20-24H2,2-4H3. The summed E-state index contributed by atoms with van der Waals surface area (Å²) in [4.78, 5) is 14.9. The fourth-order valence-electron chi connectivity index (χ4n) is 11.7. The van der Waals surface area contributed by atoms with Gasteiger partial charge in [0.25, 0.3) is 0 Å². The molecule has 5 aliphatic carbocycles. The van der Waals surface area contributed by atoms with Gasteiger partial charge in [0.2, 0.25) is 0 Å². The van der Waals surface area contributed by atoms with Crippen molar-refractivity contribution in [1.29, 1.82) is 0 Å². The molecule has 6 heteroatoms. The molecule has 6 nitrogen and oxygen atoms in total. The van der Waals surface area contributed by atoms with Crippen LogP contribution in [0.2, 0.25) is 0 Å². The van der Waals surface area contributed by atoms with Crippen molar-refractivity contribution >= 4 is 22.6 Å². The third-order valence-electron chi connectivity index (χ3n) is 13.8. The number of benzene rings is 3. The number of aliphatic hydroxyl groups excluding tert-OH is 2. The molecule has 0 radical (unpaired) electrons. The summed E-state index contributed by atoms with van der Waals surface area (Å²) >= 11 is 0. The highest BCUT2D eigenvalue weighted by Gasteiger charge is 2.80. The Morgan fingerprint density at radius 2 is 1.85 bits per heavy atom. The number of Topliss-reactive ketones (excluding diaryl/α,β-unsaturated/α-hetero) is 1. The van der Waals surface area contributed by atoms with Crippen molar-refractivity contribution in [2.24, 2.45) is 28.6 Å². The Bertz CT molecular complexity index is 1850. The van der Waals surface area contributed by atoms with Crippen LogP contribution in [0.1, 0.15) is 72.8 Å². The topological polar surface area (TPSA) is 99.0 Å². The average molecular weight is 648 g/mol. The average Bonchev–Trinajstić information content (AvgIpc) is 3.67. The molecule has 0 amide bonds. The number of nitrogens with one attached hydrogen (secondary N) is 1. The molecule has 3 aromatic rings. The zero-order valence-electron chi connectivity index (χ0n) is 28.5. The Hall–Kier alpha value is -3.13. The van der Waals surface area contributed by atoms with E-state index in [2.05, 4.69) is 79.5 Å². The highest BCUT2D eigenvalue weighted by Crippen LogP contribution is 2.74. The Labute approximate surface area is 283 Å². The molecular formula is C42H49NO5. The lowest BCUT2D eigenvalue weighted by atomic mass is 9.55. The second-order valence-corrected chi connectivity index (χ2v) is 15.9. The maximum atomic E-state index is 14.9. The molecule has 8 rings (SSSR count). The van der Waals surface area contributed by atoms with E-state index in [1.807, 2.05) is 13.1 Å². The van der Waals surface area contributed by atoms with Crippen molar-refractivity contribution in [3.63, 3.8) is 0 Å². The number of rotatable bonds is 4. The molecule has 0 aliphatic heterocycles. The first kappa shape index (κ1) is 32.1. The highest BCUT2D eigenvalue weighted by atomic mass is 16.6. The SMILES string of the molecule is C=C1C2C(CO)CC3(C(=O)CCc4cccc(c4)C4(CCC(CNC)C4)C4c5cc6cc(ccc6cc5C=CC4O)CC13C)C2(O)OC. The smallest absolute Gasteiger partial charge is 0.185 e. The van der Waals surface area contributed by atoms with Gasteiger partial charge in [0.1, 0.15) is 5.78 Å². The Morgan fingerprint density at radius 3 is 2.62 bits per heavy atom. The number of aliphatic hydroxyl groups is 3. The van der Waals surface area contributed by atoms with Crippen molar-refractivity contribution < 1.29 is 24.9 Å². The highest BCUT2D eigenvalue weighted by molar-refractivity contribution is 5.90. The summed E-state index contributed by atoms with van der Waals surface area (Å²) in [6.45, 7) is 7.41. The first-order chi connectivity index (χ1) is 23.0. The fraction of sp³-hybridized carbons (Fsp3) is 0.500. The van der Waals surface area contributed by atoms with Gasteiger partial charge in [-0.1, -0.05) is 79.8 Å². The van der Waals surface area contributed by atoms with E-state index in [1.54, 1.807) is 0 Å². The fourth-order valence-corrected chi connectivity index (χ4v) is 11.7. The summed E-state index contributed by atoms with van der Waals surface area (Å²) in [5, 5.41) is 40.4. The van der Waals surface area contributed by atoms with Crippen LogP contribution in [0.25, 0.3) is 16.8 Å². The van der Waals surface area contributed by atoms with Crippen molar-refractivity contribution in [2.45, 2.75) is 75.1 Å². The van der Waals surface area contributed by atoms with Gasteiger partial charge < -0.3 is 25.4 Å². The number of fused-ring (bicyclic) bond motifs is 6. The number of ether oxygens (including phenoxy) is 1. The number of aryl methyl sites for hydroxylation is 1. The molecular weight excluding hydrogens is 598 g/mol. The number of ketones is 1. The maximum absolute atomic E-state index is 14.9. The molecule has 7 bridgehead atoms. The molecule has 5 aliphatic rings. The molecule has 9 unspecified atom stereocenters. The molecule has 252 valence electrons. The summed E-state index contributed by atoms with van der Waals surface area (Å²) in [5.41, 5.74) is 4.20. The van der Waals surface area contributed by atoms with Gasteiger partial charge in [-0.3, -0.25) is 4.79 Å². The molecule has 48 heavy (non-hydrogen) atoms.